The fraction of sp³-hybridized carbons (Fsp3) is 0.538. The van der Waals surface area contributed by atoms with Crippen LogP contribution in [-0.2, 0) is 0 Å². The largest absolute Gasteiger partial charge is 0.315 e. The van der Waals surface area contributed by atoms with Gasteiger partial charge in [-0.15, -0.1) is 0 Å². The average Bonchev–Trinajstić information content (AvgIpc) is 2.18. The molecule has 0 spiro atoms. The third-order valence-corrected chi connectivity index (χ3v) is 2.50. The van der Waals surface area contributed by atoms with E-state index >= 15 is 0 Å². The van der Waals surface area contributed by atoms with Crippen LogP contribution >= 0.6 is 0 Å². The molecule has 0 aliphatic heterocycles. The second-order valence-electron chi connectivity index (χ2n) is 4.21. The Morgan fingerprint density at radius 3 is 2.29 bits per heavy atom. The van der Waals surface area contributed by atoms with E-state index in [9.17, 15) is 0 Å². The minimum absolute atomic E-state index is 0.595. The standard InChI is InChI=1S/C13H21N/c1-11(2)14-10-9-12(3)13-7-5-4-6-8-13/h4-8,11-12,14H,9-10H2,1-3H3. The Labute approximate surface area is 87.5 Å². The summed E-state index contributed by atoms with van der Waals surface area (Å²) in [4.78, 5) is 0. The molecule has 0 saturated carbocycles. The fourth-order valence-electron chi connectivity index (χ4n) is 1.54. The maximum absolute atomic E-state index is 3.45. The molecule has 0 amide bonds. The number of benzene rings is 1. The fourth-order valence-corrected chi connectivity index (χ4v) is 1.54. The lowest BCUT2D eigenvalue weighted by Gasteiger charge is -2.13. The lowest BCUT2D eigenvalue weighted by atomic mass is 9.98. The van der Waals surface area contributed by atoms with Gasteiger partial charge in [-0.05, 0) is 24.4 Å². The molecule has 1 N–H and O–H groups in total. The smallest absolute Gasteiger partial charge is 0.00103 e. The van der Waals surface area contributed by atoms with Crippen LogP contribution in [0.25, 0.3) is 0 Å². The van der Waals surface area contributed by atoms with Crippen LogP contribution in [-0.4, -0.2) is 12.6 Å². The van der Waals surface area contributed by atoms with E-state index < -0.39 is 0 Å². The van der Waals surface area contributed by atoms with E-state index in [1.807, 2.05) is 0 Å². The maximum Gasteiger partial charge on any atom is 0.00103 e. The first-order valence-corrected chi connectivity index (χ1v) is 5.48. The maximum atomic E-state index is 3.45. The number of nitrogens with one attached hydrogen (secondary N) is 1. The van der Waals surface area contributed by atoms with Gasteiger partial charge in [0.1, 0.15) is 0 Å². The summed E-state index contributed by atoms with van der Waals surface area (Å²) in [5, 5.41) is 3.45. The van der Waals surface area contributed by atoms with Crippen molar-refractivity contribution in [1.29, 1.82) is 0 Å². The summed E-state index contributed by atoms with van der Waals surface area (Å²) < 4.78 is 0. The van der Waals surface area contributed by atoms with Gasteiger partial charge >= 0.3 is 0 Å². The van der Waals surface area contributed by atoms with Crippen LogP contribution in [0, 0.1) is 0 Å². The summed E-state index contributed by atoms with van der Waals surface area (Å²) in [5.74, 6) is 0.655. The summed E-state index contributed by atoms with van der Waals surface area (Å²) >= 11 is 0. The minimum Gasteiger partial charge on any atom is -0.315 e. The zero-order chi connectivity index (χ0) is 10.4. The van der Waals surface area contributed by atoms with E-state index in [4.69, 9.17) is 0 Å². The molecule has 1 rings (SSSR count). The Hall–Kier alpha value is -0.820. The summed E-state index contributed by atoms with van der Waals surface area (Å²) in [5.41, 5.74) is 1.44. The van der Waals surface area contributed by atoms with E-state index in [0.29, 0.717) is 12.0 Å². The molecule has 0 bridgehead atoms. The normalized spacial score (nSPS) is 13.1. The highest BCUT2D eigenvalue weighted by Crippen LogP contribution is 2.17. The molecule has 0 fully saturated rings. The van der Waals surface area contributed by atoms with Gasteiger partial charge in [-0.3, -0.25) is 0 Å². The topological polar surface area (TPSA) is 12.0 Å². The van der Waals surface area contributed by atoms with Gasteiger partial charge in [0.15, 0.2) is 0 Å². The Kier molecular flexibility index (Phi) is 4.68. The van der Waals surface area contributed by atoms with E-state index in [1.165, 1.54) is 12.0 Å². The molecule has 0 aliphatic carbocycles. The van der Waals surface area contributed by atoms with Crippen molar-refractivity contribution in [3.8, 4) is 0 Å². The van der Waals surface area contributed by atoms with Crippen LogP contribution in [0.3, 0.4) is 0 Å². The first-order valence-electron chi connectivity index (χ1n) is 5.48. The quantitative estimate of drug-likeness (QED) is 0.753. The van der Waals surface area contributed by atoms with Crippen molar-refractivity contribution in [2.45, 2.75) is 39.2 Å². The molecule has 0 aliphatic rings. The summed E-state index contributed by atoms with van der Waals surface area (Å²) in [7, 11) is 0. The van der Waals surface area contributed by atoms with E-state index in [0.717, 1.165) is 6.54 Å². The van der Waals surface area contributed by atoms with Crippen molar-refractivity contribution in [2.75, 3.05) is 6.54 Å². The molecular weight excluding hydrogens is 170 g/mol. The van der Waals surface area contributed by atoms with Crippen LogP contribution in [0.4, 0.5) is 0 Å². The Balaban J connectivity index is 2.32. The number of rotatable bonds is 5. The lowest BCUT2D eigenvalue weighted by molar-refractivity contribution is 0.541. The van der Waals surface area contributed by atoms with Gasteiger partial charge in [0, 0.05) is 6.04 Å². The lowest BCUT2D eigenvalue weighted by Crippen LogP contribution is -2.24. The first kappa shape index (κ1) is 11.3. The molecule has 1 aromatic carbocycles. The third-order valence-electron chi connectivity index (χ3n) is 2.50. The van der Waals surface area contributed by atoms with Crippen molar-refractivity contribution >= 4 is 0 Å². The summed E-state index contributed by atoms with van der Waals surface area (Å²) in [6, 6.07) is 11.3. The van der Waals surface area contributed by atoms with E-state index in [-0.39, 0.29) is 0 Å². The Morgan fingerprint density at radius 1 is 1.07 bits per heavy atom. The predicted molar refractivity (Wildman–Crippen MR) is 62.6 cm³/mol. The molecule has 1 heteroatoms. The minimum atomic E-state index is 0.595. The van der Waals surface area contributed by atoms with Crippen molar-refractivity contribution in [3.63, 3.8) is 0 Å². The molecule has 0 heterocycles. The highest BCUT2D eigenvalue weighted by molar-refractivity contribution is 5.18. The van der Waals surface area contributed by atoms with Gasteiger partial charge in [-0.2, -0.15) is 0 Å². The van der Waals surface area contributed by atoms with Crippen LogP contribution in [0.1, 0.15) is 38.7 Å². The van der Waals surface area contributed by atoms with Crippen molar-refractivity contribution in [1.82, 2.24) is 5.32 Å². The molecule has 0 saturated heterocycles. The number of hydrogen-bond acceptors (Lipinski definition) is 1. The highest BCUT2D eigenvalue weighted by Gasteiger charge is 2.03. The highest BCUT2D eigenvalue weighted by atomic mass is 14.9. The van der Waals surface area contributed by atoms with E-state index in [2.05, 4.69) is 56.4 Å². The molecule has 1 aromatic rings. The second-order valence-corrected chi connectivity index (χ2v) is 4.21. The molecule has 0 radical (unpaired) electrons. The Morgan fingerprint density at radius 2 is 1.71 bits per heavy atom. The number of hydrogen-bond donors (Lipinski definition) is 1. The average molecular weight is 191 g/mol. The van der Waals surface area contributed by atoms with Gasteiger partial charge in [-0.1, -0.05) is 51.1 Å². The van der Waals surface area contributed by atoms with Crippen LogP contribution in [0.5, 0.6) is 0 Å². The van der Waals surface area contributed by atoms with Gasteiger partial charge < -0.3 is 5.32 Å². The molecule has 14 heavy (non-hydrogen) atoms. The zero-order valence-electron chi connectivity index (χ0n) is 9.46. The van der Waals surface area contributed by atoms with Crippen molar-refractivity contribution < 1.29 is 0 Å². The molecule has 1 nitrogen and oxygen atoms in total. The van der Waals surface area contributed by atoms with Crippen molar-refractivity contribution in [3.05, 3.63) is 35.9 Å². The molecular formula is C13H21N. The third kappa shape index (κ3) is 3.93. The van der Waals surface area contributed by atoms with Gasteiger partial charge in [0.05, 0.1) is 0 Å². The second kappa shape index (κ2) is 5.82. The zero-order valence-corrected chi connectivity index (χ0v) is 9.46. The van der Waals surface area contributed by atoms with Crippen LogP contribution in [0.15, 0.2) is 30.3 Å². The van der Waals surface area contributed by atoms with Gasteiger partial charge in [0.2, 0.25) is 0 Å². The summed E-state index contributed by atoms with van der Waals surface area (Å²) in [6.07, 6.45) is 1.21. The molecule has 78 valence electrons. The monoisotopic (exact) mass is 191 g/mol. The van der Waals surface area contributed by atoms with Crippen LogP contribution < -0.4 is 5.32 Å². The van der Waals surface area contributed by atoms with Crippen molar-refractivity contribution in [2.24, 2.45) is 0 Å². The first-order chi connectivity index (χ1) is 6.70. The van der Waals surface area contributed by atoms with E-state index in [1.54, 1.807) is 0 Å². The molecule has 1 unspecified atom stereocenters. The molecule has 0 aromatic heterocycles. The SMILES string of the molecule is CC(C)NCCC(C)c1ccccc1. The summed E-state index contributed by atoms with van der Waals surface area (Å²) in [6.45, 7) is 7.77. The molecule has 1 atom stereocenters. The van der Waals surface area contributed by atoms with Gasteiger partial charge in [0.25, 0.3) is 0 Å². The van der Waals surface area contributed by atoms with Gasteiger partial charge in [-0.25, -0.2) is 0 Å². The van der Waals surface area contributed by atoms with Crippen LogP contribution in [0.2, 0.25) is 0 Å². The Bertz CT molecular complexity index is 241. The predicted octanol–water partition coefficient (Wildman–Crippen LogP) is 3.18.